The highest BCUT2D eigenvalue weighted by atomic mass is 32.1. The van der Waals surface area contributed by atoms with Crippen molar-refractivity contribution in [2.75, 3.05) is 18.9 Å². The summed E-state index contributed by atoms with van der Waals surface area (Å²) in [5.74, 6) is -5.83. The second-order valence-electron chi connectivity index (χ2n) is 9.33. The maximum atomic E-state index is 13.2. The lowest BCUT2D eigenvalue weighted by Gasteiger charge is -2.26. The Morgan fingerprint density at radius 1 is 1.07 bits per heavy atom. The molecule has 1 aromatic heterocycles. The summed E-state index contributed by atoms with van der Waals surface area (Å²) < 4.78 is 0. The molecule has 1 aliphatic rings. The minimum absolute atomic E-state index is 0.0561. The van der Waals surface area contributed by atoms with Crippen LogP contribution in [0.15, 0.2) is 12.5 Å². The molecule has 0 bridgehead atoms. The predicted octanol–water partition coefficient (Wildman–Crippen LogP) is -4.81. The average Bonchev–Trinajstić information content (AvgIpc) is 3.61. The summed E-state index contributed by atoms with van der Waals surface area (Å²) in [4.78, 5) is 94.4. The van der Waals surface area contributed by atoms with E-state index in [1.54, 1.807) is 0 Å². The number of aromatic amines is 1. The van der Waals surface area contributed by atoms with Gasteiger partial charge in [-0.15, -0.1) is 0 Å². The van der Waals surface area contributed by atoms with Crippen LogP contribution in [-0.4, -0.2) is 110 Å². The predicted molar refractivity (Wildman–Crippen MR) is 144 cm³/mol. The number of rotatable bonds is 14. The standard InChI is InChI=1S/C23H35N9O8S/c1-11(34)32-4-2-3-17(32)23(40)28-14(5-12-7-26-10-27-12)20(37)29-15(8-33)21(38)30-16(9-41)22(39)31-19(36)13(24)6-18(25)35/h7,10,13-17,33,41H,2-6,8-9,24H2,1H3,(H2,25,35)(H,26,27)(H,28,40)(H,29,37)(H,30,38)(H,31,36,39)/t13-,14-,15-,16-,17-/m0/s1. The number of H-pyrrole nitrogens is 1. The fourth-order valence-corrected chi connectivity index (χ4v) is 4.31. The van der Waals surface area contributed by atoms with Crippen LogP contribution in [0.1, 0.15) is 31.9 Å². The van der Waals surface area contributed by atoms with Crippen molar-refractivity contribution in [3.63, 3.8) is 0 Å². The number of imide groups is 1. The molecule has 0 unspecified atom stereocenters. The van der Waals surface area contributed by atoms with Crippen LogP contribution in [0.3, 0.4) is 0 Å². The molecule has 7 amide bonds. The van der Waals surface area contributed by atoms with Gasteiger partial charge < -0.3 is 42.4 Å². The van der Waals surface area contributed by atoms with Crippen molar-refractivity contribution in [2.45, 2.75) is 62.8 Å². The molecule has 5 atom stereocenters. The molecule has 41 heavy (non-hydrogen) atoms. The zero-order valence-corrected chi connectivity index (χ0v) is 23.2. The first kappa shape index (κ1) is 33.2. The van der Waals surface area contributed by atoms with Crippen molar-refractivity contribution in [2.24, 2.45) is 11.5 Å². The van der Waals surface area contributed by atoms with Gasteiger partial charge in [-0.05, 0) is 12.8 Å². The number of nitrogens with one attached hydrogen (secondary N) is 5. The highest BCUT2D eigenvalue weighted by Crippen LogP contribution is 2.17. The van der Waals surface area contributed by atoms with E-state index in [2.05, 4.69) is 38.5 Å². The number of aliphatic hydroxyl groups excluding tert-OH is 1. The molecular formula is C23H35N9O8S. The van der Waals surface area contributed by atoms with Crippen LogP contribution < -0.4 is 32.7 Å². The number of imidazole rings is 1. The molecule has 226 valence electrons. The van der Waals surface area contributed by atoms with Crippen molar-refractivity contribution in [1.29, 1.82) is 0 Å². The van der Waals surface area contributed by atoms with Gasteiger partial charge in [0.15, 0.2) is 0 Å². The van der Waals surface area contributed by atoms with Gasteiger partial charge in [0.05, 0.1) is 25.4 Å². The zero-order valence-electron chi connectivity index (χ0n) is 22.3. The minimum atomic E-state index is -1.56. The second kappa shape index (κ2) is 15.7. The third-order valence-corrected chi connectivity index (χ3v) is 6.57. The highest BCUT2D eigenvalue weighted by molar-refractivity contribution is 7.80. The summed E-state index contributed by atoms with van der Waals surface area (Å²) in [6.07, 6.45) is 3.27. The first-order valence-electron chi connectivity index (χ1n) is 12.6. The zero-order chi connectivity index (χ0) is 30.7. The van der Waals surface area contributed by atoms with Crippen molar-refractivity contribution < 1.29 is 38.7 Å². The third kappa shape index (κ3) is 9.83. The Morgan fingerprint density at radius 2 is 1.73 bits per heavy atom. The monoisotopic (exact) mass is 597 g/mol. The van der Waals surface area contributed by atoms with E-state index < -0.39 is 78.7 Å². The SMILES string of the molecule is CC(=O)N1CCC[C@H]1C(=O)N[C@@H](Cc1cnc[nH]1)C(=O)N[C@@H](CO)C(=O)N[C@@H](CS)C(=O)NC(=O)[C@@H](N)CC(N)=O. The number of nitrogens with zero attached hydrogens (tertiary/aromatic N) is 2. The van der Waals surface area contributed by atoms with E-state index >= 15 is 0 Å². The van der Waals surface area contributed by atoms with E-state index in [0.717, 1.165) is 0 Å². The van der Waals surface area contributed by atoms with Crippen molar-refractivity contribution >= 4 is 54.0 Å². The largest absolute Gasteiger partial charge is 0.394 e. The number of hydrogen-bond donors (Lipinski definition) is 9. The van der Waals surface area contributed by atoms with E-state index in [-0.39, 0.29) is 18.1 Å². The quantitative estimate of drug-likeness (QED) is 0.0923. The molecule has 1 fully saturated rings. The fourth-order valence-electron chi connectivity index (χ4n) is 4.05. The van der Waals surface area contributed by atoms with Crippen LogP contribution in [-0.2, 0) is 40.0 Å². The number of nitrogens with two attached hydrogens (primary N) is 2. The number of amides is 7. The van der Waals surface area contributed by atoms with Crippen molar-refractivity contribution in [3.8, 4) is 0 Å². The Labute approximate surface area is 240 Å². The first-order chi connectivity index (χ1) is 19.4. The van der Waals surface area contributed by atoms with Crippen LogP contribution in [0.25, 0.3) is 0 Å². The van der Waals surface area contributed by atoms with Crippen molar-refractivity contribution in [3.05, 3.63) is 18.2 Å². The molecule has 2 rings (SSSR count). The molecule has 0 radical (unpaired) electrons. The molecule has 0 spiro atoms. The normalized spacial score (nSPS) is 17.5. The van der Waals surface area contributed by atoms with Gasteiger partial charge in [-0.2, -0.15) is 12.6 Å². The van der Waals surface area contributed by atoms with Gasteiger partial charge in [-0.25, -0.2) is 4.98 Å². The smallest absolute Gasteiger partial charge is 0.250 e. The van der Waals surface area contributed by atoms with Gasteiger partial charge in [0.1, 0.15) is 24.2 Å². The topological polar surface area (TPSA) is 272 Å². The lowest BCUT2D eigenvalue weighted by atomic mass is 10.1. The van der Waals surface area contributed by atoms with Gasteiger partial charge >= 0.3 is 0 Å². The number of carbonyl (C=O) groups excluding carboxylic acids is 7. The number of carbonyl (C=O) groups is 7. The summed E-state index contributed by atoms with van der Waals surface area (Å²) in [6, 6.07) is -6.35. The van der Waals surface area contributed by atoms with Gasteiger partial charge in [0.2, 0.25) is 41.4 Å². The molecule has 1 aromatic rings. The van der Waals surface area contributed by atoms with Gasteiger partial charge in [0, 0.05) is 37.5 Å². The Hall–Kier alpha value is -4.03. The maximum Gasteiger partial charge on any atom is 0.250 e. The summed E-state index contributed by atoms with van der Waals surface area (Å²) in [5, 5.41) is 18.9. The lowest BCUT2D eigenvalue weighted by Crippen LogP contribution is -2.60. The van der Waals surface area contributed by atoms with Crippen LogP contribution in [0.4, 0.5) is 0 Å². The Balaban J connectivity index is 2.08. The number of aliphatic hydroxyl groups is 1. The third-order valence-electron chi connectivity index (χ3n) is 6.21. The fraction of sp³-hybridized carbons (Fsp3) is 0.565. The summed E-state index contributed by atoms with van der Waals surface area (Å²) in [5.41, 5.74) is 11.0. The number of hydrogen-bond acceptors (Lipinski definition) is 11. The van der Waals surface area contributed by atoms with Crippen LogP contribution in [0.2, 0.25) is 0 Å². The molecule has 1 aliphatic heterocycles. The molecule has 18 heteroatoms. The first-order valence-corrected chi connectivity index (χ1v) is 13.3. The molecule has 17 nitrogen and oxygen atoms in total. The van der Waals surface area contributed by atoms with E-state index in [4.69, 9.17) is 11.5 Å². The minimum Gasteiger partial charge on any atom is -0.394 e. The summed E-state index contributed by atoms with van der Waals surface area (Å²) in [6.45, 7) is 0.862. The molecule has 2 heterocycles. The number of aromatic nitrogens is 2. The van der Waals surface area contributed by atoms with Gasteiger partial charge in [0.25, 0.3) is 0 Å². The average molecular weight is 598 g/mol. The molecular weight excluding hydrogens is 562 g/mol. The van der Waals surface area contributed by atoms with E-state index in [1.165, 1.54) is 24.3 Å². The lowest BCUT2D eigenvalue weighted by molar-refractivity contribution is -0.138. The Morgan fingerprint density at radius 3 is 2.29 bits per heavy atom. The molecule has 10 N–H and O–H groups in total. The number of likely N-dealkylation sites (tertiary alicyclic amines) is 1. The molecule has 0 aliphatic carbocycles. The Bertz CT molecular complexity index is 1130. The maximum absolute atomic E-state index is 13.2. The number of primary amides is 1. The highest BCUT2D eigenvalue weighted by Gasteiger charge is 2.36. The summed E-state index contributed by atoms with van der Waals surface area (Å²) in [7, 11) is 0. The van der Waals surface area contributed by atoms with E-state index in [0.29, 0.717) is 25.1 Å². The Kier molecular flexibility index (Phi) is 12.7. The molecule has 0 aromatic carbocycles. The molecule has 0 saturated carbocycles. The van der Waals surface area contributed by atoms with Gasteiger partial charge in [-0.1, -0.05) is 0 Å². The molecule has 1 saturated heterocycles. The second-order valence-corrected chi connectivity index (χ2v) is 9.70. The van der Waals surface area contributed by atoms with E-state index in [9.17, 15) is 38.7 Å². The van der Waals surface area contributed by atoms with Crippen molar-refractivity contribution in [1.82, 2.24) is 36.1 Å². The van der Waals surface area contributed by atoms with Gasteiger partial charge in [-0.3, -0.25) is 38.9 Å². The van der Waals surface area contributed by atoms with Crippen LogP contribution in [0.5, 0.6) is 0 Å². The number of thiol groups is 1. The van der Waals surface area contributed by atoms with E-state index in [1.807, 2.05) is 5.32 Å². The van der Waals surface area contributed by atoms with Crippen LogP contribution in [0, 0.1) is 0 Å². The summed E-state index contributed by atoms with van der Waals surface area (Å²) >= 11 is 3.98. The van der Waals surface area contributed by atoms with Crippen LogP contribution >= 0.6 is 12.6 Å².